The second-order valence-corrected chi connectivity index (χ2v) is 8.15. The van der Waals surface area contributed by atoms with Crippen molar-refractivity contribution in [2.45, 2.75) is 45.1 Å². The van der Waals surface area contributed by atoms with Gasteiger partial charge in [0.05, 0.1) is 6.54 Å². The molecule has 0 saturated heterocycles. The zero-order valence-electron chi connectivity index (χ0n) is 15.2. The third kappa shape index (κ3) is 3.79. The number of nitrogens with zero attached hydrogens (tertiary/aromatic N) is 2. The van der Waals surface area contributed by atoms with Crippen molar-refractivity contribution in [2.75, 3.05) is 19.6 Å². The molecule has 4 rings (SSSR count). The van der Waals surface area contributed by atoms with E-state index in [1.54, 1.807) is 6.20 Å². The highest BCUT2D eigenvalue weighted by atomic mass is 16.2. The first-order valence-corrected chi connectivity index (χ1v) is 9.80. The van der Waals surface area contributed by atoms with Crippen molar-refractivity contribution in [3.05, 3.63) is 36.2 Å². The molecule has 1 N–H and O–H groups in total. The second-order valence-electron chi connectivity index (χ2n) is 8.15. The number of carbonyl (C=O) groups is 1. The predicted octanol–water partition coefficient (Wildman–Crippen LogP) is 3.11. The van der Waals surface area contributed by atoms with Crippen LogP contribution in [0.25, 0.3) is 5.57 Å². The van der Waals surface area contributed by atoms with Gasteiger partial charge >= 0.3 is 0 Å². The van der Waals surface area contributed by atoms with Crippen molar-refractivity contribution in [3.63, 3.8) is 0 Å². The molecule has 3 aliphatic rings. The van der Waals surface area contributed by atoms with Gasteiger partial charge in [0, 0.05) is 31.5 Å². The van der Waals surface area contributed by atoms with Gasteiger partial charge in [-0.3, -0.25) is 14.7 Å². The van der Waals surface area contributed by atoms with Crippen molar-refractivity contribution in [3.8, 4) is 0 Å². The van der Waals surface area contributed by atoms with Gasteiger partial charge in [-0.15, -0.1) is 0 Å². The molecule has 4 heteroatoms. The van der Waals surface area contributed by atoms with E-state index in [9.17, 15) is 4.79 Å². The lowest BCUT2D eigenvalue weighted by Gasteiger charge is -2.30. The van der Waals surface area contributed by atoms with Crippen molar-refractivity contribution in [1.82, 2.24) is 15.2 Å². The molecular weight excluding hydrogens is 310 g/mol. The fraction of sp³-hybridized carbons (Fsp3) is 0.619. The molecule has 0 radical (unpaired) electrons. The van der Waals surface area contributed by atoms with Crippen LogP contribution in [0, 0.1) is 17.8 Å². The number of hydrogen-bond acceptors (Lipinski definition) is 3. The number of carbonyl (C=O) groups excluding carboxylic acids is 1. The summed E-state index contributed by atoms with van der Waals surface area (Å²) in [6, 6.07) is 4.42. The monoisotopic (exact) mass is 339 g/mol. The van der Waals surface area contributed by atoms with E-state index in [4.69, 9.17) is 0 Å². The molecule has 134 valence electrons. The maximum atomic E-state index is 12.5. The number of nitrogens with one attached hydrogen (secondary N) is 1. The van der Waals surface area contributed by atoms with Crippen molar-refractivity contribution in [1.29, 1.82) is 0 Å². The Kier molecular flexibility index (Phi) is 4.89. The van der Waals surface area contributed by atoms with Gasteiger partial charge in [-0.25, -0.2) is 0 Å². The van der Waals surface area contributed by atoms with Gasteiger partial charge in [-0.1, -0.05) is 18.6 Å². The van der Waals surface area contributed by atoms with Crippen LogP contribution in [0.5, 0.6) is 0 Å². The van der Waals surface area contributed by atoms with Gasteiger partial charge in [0.25, 0.3) is 0 Å². The van der Waals surface area contributed by atoms with Crippen LogP contribution >= 0.6 is 0 Å². The van der Waals surface area contributed by atoms with Crippen molar-refractivity contribution in [2.24, 2.45) is 17.8 Å². The van der Waals surface area contributed by atoms with E-state index in [0.29, 0.717) is 18.5 Å². The Balaban J connectivity index is 1.25. The molecule has 1 aromatic rings. The first-order valence-electron chi connectivity index (χ1n) is 9.80. The summed E-state index contributed by atoms with van der Waals surface area (Å²) in [5.74, 6) is 2.70. The number of hydrogen-bond donors (Lipinski definition) is 1. The van der Waals surface area contributed by atoms with Gasteiger partial charge in [0.15, 0.2) is 0 Å². The topological polar surface area (TPSA) is 45.2 Å². The highest BCUT2D eigenvalue weighted by Crippen LogP contribution is 2.49. The lowest BCUT2D eigenvalue weighted by molar-refractivity contribution is -0.123. The summed E-state index contributed by atoms with van der Waals surface area (Å²) in [6.45, 7) is 4.51. The van der Waals surface area contributed by atoms with Crippen LogP contribution in [0.2, 0.25) is 0 Å². The molecule has 4 nitrogen and oxygen atoms in total. The molecule has 1 aromatic heterocycles. The molecule has 4 atom stereocenters. The van der Waals surface area contributed by atoms with Crippen LogP contribution in [0.3, 0.4) is 0 Å². The normalized spacial score (nSPS) is 30.1. The molecule has 2 aliphatic carbocycles. The first-order chi connectivity index (χ1) is 12.2. The van der Waals surface area contributed by atoms with Crippen LogP contribution in [-0.4, -0.2) is 41.5 Å². The van der Waals surface area contributed by atoms with E-state index in [0.717, 1.165) is 31.3 Å². The maximum Gasteiger partial charge on any atom is 0.234 e. The van der Waals surface area contributed by atoms with Crippen LogP contribution in [0.4, 0.5) is 0 Å². The van der Waals surface area contributed by atoms with E-state index in [2.05, 4.69) is 34.3 Å². The molecule has 2 saturated carbocycles. The fourth-order valence-electron chi connectivity index (χ4n) is 5.19. The average molecular weight is 339 g/mol. The number of rotatable bonds is 5. The second kappa shape index (κ2) is 7.28. The summed E-state index contributed by atoms with van der Waals surface area (Å²) in [5.41, 5.74) is 2.55. The largest absolute Gasteiger partial charge is 0.352 e. The quantitative estimate of drug-likeness (QED) is 0.896. The van der Waals surface area contributed by atoms with E-state index < -0.39 is 0 Å². The summed E-state index contributed by atoms with van der Waals surface area (Å²) < 4.78 is 0. The van der Waals surface area contributed by atoms with Gasteiger partial charge < -0.3 is 5.32 Å². The Hall–Kier alpha value is -1.68. The molecule has 1 aliphatic heterocycles. The van der Waals surface area contributed by atoms with Gasteiger partial charge in [0.2, 0.25) is 5.91 Å². The SMILES string of the molecule is C[C@H](NC(=O)CN1CC=C(c2cccnc2)CC1)[C@H]1C[C@H]2CC[C@H]1C2. The van der Waals surface area contributed by atoms with Crippen LogP contribution in [-0.2, 0) is 4.79 Å². The summed E-state index contributed by atoms with van der Waals surface area (Å²) in [5, 5.41) is 3.29. The Morgan fingerprint density at radius 1 is 1.40 bits per heavy atom. The average Bonchev–Trinajstić information content (AvgIpc) is 3.26. The molecule has 0 unspecified atom stereocenters. The summed E-state index contributed by atoms with van der Waals surface area (Å²) in [4.78, 5) is 18.9. The lowest BCUT2D eigenvalue weighted by atomic mass is 9.84. The van der Waals surface area contributed by atoms with Crippen LogP contribution < -0.4 is 5.32 Å². The minimum atomic E-state index is 0.188. The van der Waals surface area contributed by atoms with Gasteiger partial charge in [0.1, 0.15) is 0 Å². The molecule has 2 heterocycles. The van der Waals surface area contributed by atoms with Crippen LogP contribution in [0.1, 0.15) is 44.6 Å². The zero-order chi connectivity index (χ0) is 17.2. The number of fused-ring (bicyclic) bond motifs is 2. The molecule has 25 heavy (non-hydrogen) atoms. The zero-order valence-corrected chi connectivity index (χ0v) is 15.2. The molecular formula is C21H29N3O. The number of amides is 1. The highest BCUT2D eigenvalue weighted by Gasteiger charge is 2.42. The van der Waals surface area contributed by atoms with Crippen LogP contribution in [0.15, 0.2) is 30.6 Å². The smallest absolute Gasteiger partial charge is 0.234 e. The minimum Gasteiger partial charge on any atom is -0.352 e. The number of pyridine rings is 1. The molecule has 0 aromatic carbocycles. The maximum absolute atomic E-state index is 12.5. The third-order valence-corrected chi connectivity index (χ3v) is 6.52. The Morgan fingerprint density at radius 2 is 2.32 bits per heavy atom. The van der Waals surface area contributed by atoms with Gasteiger partial charge in [-0.05, 0) is 67.6 Å². The van der Waals surface area contributed by atoms with E-state index in [-0.39, 0.29) is 5.91 Å². The number of aromatic nitrogens is 1. The Bertz CT molecular complexity index is 642. The summed E-state index contributed by atoms with van der Waals surface area (Å²) >= 11 is 0. The molecule has 1 amide bonds. The van der Waals surface area contributed by atoms with Crippen molar-refractivity contribution < 1.29 is 4.79 Å². The van der Waals surface area contributed by atoms with E-state index in [1.807, 2.05) is 12.3 Å². The lowest BCUT2D eigenvalue weighted by Crippen LogP contribution is -2.45. The van der Waals surface area contributed by atoms with E-state index in [1.165, 1.54) is 36.8 Å². The van der Waals surface area contributed by atoms with E-state index >= 15 is 0 Å². The van der Waals surface area contributed by atoms with Gasteiger partial charge in [-0.2, -0.15) is 0 Å². The summed E-state index contributed by atoms with van der Waals surface area (Å²) in [7, 11) is 0. The molecule has 2 bridgehead atoms. The highest BCUT2D eigenvalue weighted by molar-refractivity contribution is 5.78. The first kappa shape index (κ1) is 16.8. The summed E-state index contributed by atoms with van der Waals surface area (Å²) in [6.07, 6.45) is 12.5. The molecule has 2 fully saturated rings. The van der Waals surface area contributed by atoms with Crippen molar-refractivity contribution >= 4 is 11.5 Å². The predicted molar refractivity (Wildman–Crippen MR) is 99.8 cm³/mol. The minimum absolute atomic E-state index is 0.188. The third-order valence-electron chi connectivity index (χ3n) is 6.52. The Morgan fingerprint density at radius 3 is 2.96 bits per heavy atom. The Labute approximate surface area is 150 Å². The standard InChI is InChI=1S/C21H29N3O/c1-15(20-12-16-4-5-18(20)11-16)23-21(25)14-24-9-6-17(7-10-24)19-3-2-8-22-13-19/h2-3,6,8,13,15-16,18,20H,4-5,7,9-12,14H2,1H3,(H,23,25)/t15-,16-,18-,20+/m0/s1. The molecule has 0 spiro atoms. The fourth-order valence-corrected chi connectivity index (χ4v) is 5.19.